The Morgan fingerprint density at radius 3 is 2.21 bits per heavy atom. The van der Waals surface area contributed by atoms with Crippen LogP contribution in [0.5, 0.6) is 5.75 Å². The van der Waals surface area contributed by atoms with Crippen molar-refractivity contribution >= 4 is 27.3 Å². The van der Waals surface area contributed by atoms with Crippen LogP contribution in [0.2, 0.25) is 0 Å². The summed E-state index contributed by atoms with van der Waals surface area (Å²) in [6.45, 7) is 5.71. The largest absolute Gasteiger partial charge is 0.494 e. The molecule has 0 saturated carbocycles. The van der Waals surface area contributed by atoms with E-state index in [1.54, 1.807) is 49.4 Å². The van der Waals surface area contributed by atoms with E-state index < -0.39 is 22.5 Å². The highest BCUT2D eigenvalue weighted by Gasteiger charge is 2.27. The second-order valence-corrected chi connectivity index (χ2v) is 9.21. The van der Waals surface area contributed by atoms with Gasteiger partial charge in [-0.1, -0.05) is 35.9 Å². The highest BCUT2D eigenvalue weighted by molar-refractivity contribution is 7.92. The highest BCUT2D eigenvalue weighted by atomic mass is 32.2. The topological polar surface area (TPSA) is 88.1 Å². The van der Waals surface area contributed by atoms with Gasteiger partial charge in [-0.15, -0.1) is 0 Å². The molecule has 3 aromatic rings. The van der Waals surface area contributed by atoms with Crippen LogP contribution in [0.25, 0.3) is 0 Å². The summed E-state index contributed by atoms with van der Waals surface area (Å²) >= 11 is 0. The van der Waals surface area contributed by atoms with E-state index >= 15 is 0 Å². The van der Waals surface area contributed by atoms with Crippen molar-refractivity contribution < 1.29 is 17.9 Å². The number of hydrogen-bond donors (Lipinski definition) is 1. The third kappa shape index (κ3) is 6.20. The summed E-state index contributed by atoms with van der Waals surface area (Å²) in [6, 6.07) is 22.4. The zero-order valence-electron chi connectivity index (χ0n) is 18.9. The molecular formula is C25H27N3O4S. The molecule has 0 saturated heterocycles. The van der Waals surface area contributed by atoms with E-state index in [1.807, 2.05) is 38.1 Å². The Labute approximate surface area is 194 Å². The molecule has 0 atom stereocenters. The number of para-hydroxylation sites is 1. The first kappa shape index (κ1) is 24.0. The SMILES string of the molecule is CCOc1ccc(/C(C)=N\NC(=O)CN(c2ccccc2)S(=O)(=O)c2ccc(C)cc2)cc1. The highest BCUT2D eigenvalue weighted by Crippen LogP contribution is 2.23. The molecule has 33 heavy (non-hydrogen) atoms. The van der Waals surface area contributed by atoms with Gasteiger partial charge in [0.05, 0.1) is 22.9 Å². The van der Waals surface area contributed by atoms with Crippen LogP contribution in [0, 0.1) is 6.92 Å². The zero-order valence-corrected chi connectivity index (χ0v) is 19.7. The lowest BCUT2D eigenvalue weighted by Crippen LogP contribution is -2.39. The molecule has 0 aliphatic rings. The molecule has 1 N–H and O–H groups in total. The first-order valence-electron chi connectivity index (χ1n) is 10.5. The first-order valence-corrected chi connectivity index (χ1v) is 12.0. The predicted octanol–water partition coefficient (Wildman–Crippen LogP) is 4.13. The second kappa shape index (κ2) is 10.8. The number of carbonyl (C=O) groups is 1. The maximum atomic E-state index is 13.3. The lowest BCUT2D eigenvalue weighted by Gasteiger charge is -2.23. The molecule has 0 unspecified atom stereocenters. The Morgan fingerprint density at radius 1 is 0.970 bits per heavy atom. The van der Waals surface area contributed by atoms with Crippen LogP contribution in [0.15, 0.2) is 88.9 Å². The lowest BCUT2D eigenvalue weighted by atomic mass is 10.1. The Bertz CT molecular complexity index is 1210. The molecule has 8 heteroatoms. The number of sulfonamides is 1. The molecule has 0 spiro atoms. The molecule has 0 aliphatic heterocycles. The predicted molar refractivity (Wildman–Crippen MR) is 130 cm³/mol. The van der Waals surface area contributed by atoms with Gasteiger partial charge in [-0.25, -0.2) is 13.8 Å². The molecule has 0 heterocycles. The fourth-order valence-corrected chi connectivity index (χ4v) is 4.50. The van der Waals surface area contributed by atoms with E-state index in [-0.39, 0.29) is 4.90 Å². The lowest BCUT2D eigenvalue weighted by molar-refractivity contribution is -0.119. The van der Waals surface area contributed by atoms with E-state index in [2.05, 4.69) is 10.5 Å². The number of anilines is 1. The number of hydrogen-bond acceptors (Lipinski definition) is 5. The van der Waals surface area contributed by atoms with E-state index in [0.29, 0.717) is 18.0 Å². The van der Waals surface area contributed by atoms with Crippen molar-refractivity contribution in [3.8, 4) is 5.75 Å². The summed E-state index contributed by atoms with van der Waals surface area (Å²) in [7, 11) is -3.96. The van der Waals surface area contributed by atoms with Crippen LogP contribution in [0.1, 0.15) is 25.0 Å². The number of rotatable bonds is 9. The fourth-order valence-electron chi connectivity index (χ4n) is 3.08. The van der Waals surface area contributed by atoms with Crippen molar-refractivity contribution in [2.75, 3.05) is 17.5 Å². The number of benzene rings is 3. The smallest absolute Gasteiger partial charge is 0.264 e. The molecule has 7 nitrogen and oxygen atoms in total. The minimum Gasteiger partial charge on any atom is -0.494 e. The van der Waals surface area contributed by atoms with Gasteiger partial charge in [-0.2, -0.15) is 5.10 Å². The monoisotopic (exact) mass is 465 g/mol. The van der Waals surface area contributed by atoms with Gasteiger partial charge in [-0.05, 0) is 74.9 Å². The van der Waals surface area contributed by atoms with Gasteiger partial charge in [0, 0.05) is 0 Å². The quantitative estimate of drug-likeness (QED) is 0.380. The van der Waals surface area contributed by atoms with E-state index in [4.69, 9.17) is 4.74 Å². The number of nitrogens with zero attached hydrogens (tertiary/aromatic N) is 2. The van der Waals surface area contributed by atoms with Crippen LogP contribution in [0.4, 0.5) is 5.69 Å². The number of amides is 1. The van der Waals surface area contributed by atoms with Crippen LogP contribution in [0.3, 0.4) is 0 Å². The van der Waals surface area contributed by atoms with Gasteiger partial charge in [0.1, 0.15) is 12.3 Å². The molecule has 0 radical (unpaired) electrons. The molecule has 0 aromatic heterocycles. The summed E-state index contributed by atoms with van der Waals surface area (Å²) in [5, 5.41) is 4.14. The first-order chi connectivity index (χ1) is 15.8. The number of nitrogens with one attached hydrogen (secondary N) is 1. The van der Waals surface area contributed by atoms with Crippen molar-refractivity contribution in [2.24, 2.45) is 5.10 Å². The summed E-state index contributed by atoms with van der Waals surface area (Å²) in [6.07, 6.45) is 0. The van der Waals surface area contributed by atoms with Gasteiger partial charge in [0.25, 0.3) is 15.9 Å². The van der Waals surface area contributed by atoms with E-state index in [1.165, 1.54) is 12.1 Å². The average molecular weight is 466 g/mol. The van der Waals surface area contributed by atoms with Crippen molar-refractivity contribution in [3.05, 3.63) is 90.0 Å². The summed E-state index contributed by atoms with van der Waals surface area (Å²) < 4.78 is 33.2. The Kier molecular flexibility index (Phi) is 7.84. The molecule has 3 rings (SSSR count). The standard InChI is InChI=1S/C25H27N3O4S/c1-4-32-23-14-12-21(13-15-23)20(3)26-27-25(29)18-28(22-8-6-5-7-9-22)33(30,31)24-16-10-19(2)11-17-24/h5-17H,4,18H2,1-3H3,(H,27,29)/b26-20-. The number of aryl methyl sites for hydroxylation is 1. The summed E-state index contributed by atoms with van der Waals surface area (Å²) in [5.74, 6) is 0.192. The van der Waals surface area contributed by atoms with Crippen molar-refractivity contribution in [1.82, 2.24) is 5.43 Å². The summed E-state index contributed by atoms with van der Waals surface area (Å²) in [4.78, 5) is 12.8. The zero-order chi connectivity index (χ0) is 23.8. The molecule has 1 amide bonds. The Morgan fingerprint density at radius 2 is 1.61 bits per heavy atom. The second-order valence-electron chi connectivity index (χ2n) is 7.35. The molecular weight excluding hydrogens is 438 g/mol. The van der Waals surface area contributed by atoms with Crippen LogP contribution in [-0.4, -0.2) is 33.2 Å². The molecule has 3 aromatic carbocycles. The van der Waals surface area contributed by atoms with Crippen LogP contribution < -0.4 is 14.5 Å². The molecule has 0 bridgehead atoms. The molecule has 172 valence electrons. The minimum absolute atomic E-state index is 0.110. The maximum absolute atomic E-state index is 13.3. The fraction of sp³-hybridized carbons (Fsp3) is 0.200. The number of ether oxygens (including phenoxy) is 1. The van der Waals surface area contributed by atoms with Crippen molar-refractivity contribution in [2.45, 2.75) is 25.7 Å². The number of hydrazone groups is 1. The van der Waals surface area contributed by atoms with E-state index in [9.17, 15) is 13.2 Å². The third-order valence-corrected chi connectivity index (χ3v) is 6.66. The number of carbonyl (C=O) groups excluding carboxylic acids is 1. The Hall–Kier alpha value is -3.65. The molecule has 0 aliphatic carbocycles. The van der Waals surface area contributed by atoms with Gasteiger partial charge in [0.15, 0.2) is 0 Å². The van der Waals surface area contributed by atoms with Gasteiger partial charge in [-0.3, -0.25) is 9.10 Å². The third-order valence-electron chi connectivity index (χ3n) is 4.87. The van der Waals surface area contributed by atoms with Crippen LogP contribution >= 0.6 is 0 Å². The summed E-state index contributed by atoms with van der Waals surface area (Å²) in [5.41, 5.74) is 5.19. The van der Waals surface area contributed by atoms with Gasteiger partial charge < -0.3 is 4.74 Å². The maximum Gasteiger partial charge on any atom is 0.264 e. The van der Waals surface area contributed by atoms with Gasteiger partial charge in [0.2, 0.25) is 0 Å². The van der Waals surface area contributed by atoms with Crippen molar-refractivity contribution in [1.29, 1.82) is 0 Å². The molecule has 0 fully saturated rings. The van der Waals surface area contributed by atoms with Crippen LogP contribution in [-0.2, 0) is 14.8 Å². The van der Waals surface area contributed by atoms with E-state index in [0.717, 1.165) is 21.2 Å². The average Bonchev–Trinajstić information content (AvgIpc) is 2.82. The van der Waals surface area contributed by atoms with Gasteiger partial charge >= 0.3 is 0 Å². The minimum atomic E-state index is -3.96. The normalized spacial score (nSPS) is 11.7. The Balaban J connectivity index is 1.79. The van der Waals surface area contributed by atoms with Crippen molar-refractivity contribution in [3.63, 3.8) is 0 Å².